The lowest BCUT2D eigenvalue weighted by atomic mass is 10.0. The van der Waals surface area contributed by atoms with Gasteiger partial charge in [0, 0.05) is 86.5 Å². The molecule has 8 fully saturated rings. The molecule has 12 atom stereocenters. The van der Waals surface area contributed by atoms with E-state index in [1.54, 1.807) is 99.1 Å². The van der Waals surface area contributed by atoms with Gasteiger partial charge in [-0.05, 0) is 176 Å². The van der Waals surface area contributed by atoms with Crippen LogP contribution in [-0.4, -0.2) is 228 Å². The van der Waals surface area contributed by atoms with E-state index in [4.69, 9.17) is 0 Å². The fourth-order valence-electron chi connectivity index (χ4n) is 17.6. The van der Waals surface area contributed by atoms with Gasteiger partial charge < -0.3 is 40.9 Å². The van der Waals surface area contributed by atoms with Gasteiger partial charge in [0.15, 0.2) is 11.4 Å². The van der Waals surface area contributed by atoms with Crippen molar-refractivity contribution in [3.05, 3.63) is 228 Å². The van der Waals surface area contributed by atoms with Crippen LogP contribution in [-0.2, 0) is 0 Å². The Morgan fingerprint density at radius 2 is 0.614 bits per heavy atom. The van der Waals surface area contributed by atoms with E-state index in [1.165, 1.54) is 19.2 Å². The summed E-state index contributed by atoms with van der Waals surface area (Å²) in [5, 5.41) is 47.3. The Labute approximate surface area is 656 Å². The number of likely N-dealkylation sites (tertiary alicyclic amines) is 4. The van der Waals surface area contributed by atoms with Crippen molar-refractivity contribution in [3.63, 3.8) is 0 Å². The van der Waals surface area contributed by atoms with Crippen LogP contribution in [0, 0.1) is 65.2 Å². The van der Waals surface area contributed by atoms with Gasteiger partial charge in [0.1, 0.15) is 23.0 Å². The van der Waals surface area contributed by atoms with Crippen LogP contribution in [0.2, 0.25) is 0 Å². The first-order valence-corrected chi connectivity index (χ1v) is 38.6. The molecular weight excluding hydrogens is 1450 g/mol. The van der Waals surface area contributed by atoms with Crippen molar-refractivity contribution < 1.29 is 19.2 Å². The topological polar surface area (TPSA) is 381 Å². The number of piperidine rings is 4. The average molecular weight is 1530 g/mol. The lowest BCUT2D eigenvalue weighted by Crippen LogP contribution is -2.48. The van der Waals surface area contributed by atoms with Crippen LogP contribution in [0.5, 0.6) is 0 Å². The smallest absolute Gasteiger partial charge is 0.275 e. The van der Waals surface area contributed by atoms with Gasteiger partial charge in [0.2, 0.25) is 11.9 Å². The molecule has 14 heterocycles. The molecule has 2 aromatic carbocycles. The number of rotatable bonds is 16. The summed E-state index contributed by atoms with van der Waals surface area (Å²) in [5.74, 6) is 4.61. The summed E-state index contributed by atoms with van der Waals surface area (Å²) in [4.78, 5) is 111. The molecular formula is C80H86N30O4. The largest absolute Gasteiger partial charge is 0.364 e. The van der Waals surface area contributed by atoms with Gasteiger partial charge in [-0.25, -0.2) is 39.9 Å². The molecule has 8 aliphatic rings. The molecule has 580 valence electrons. The lowest BCUT2D eigenvalue weighted by molar-refractivity contribution is 0.0678. The van der Waals surface area contributed by atoms with Crippen molar-refractivity contribution in [1.29, 1.82) is 0 Å². The van der Waals surface area contributed by atoms with Crippen molar-refractivity contribution in [2.75, 3.05) is 47.4 Å². The third-order valence-electron chi connectivity index (χ3n) is 22.6. The molecule has 12 unspecified atom stereocenters. The minimum Gasteiger partial charge on any atom is -0.364 e. The Kier molecular flexibility index (Phi) is 20.5. The molecule has 4 amide bonds. The fraction of sp³-hybridized carbons (Fsp3) is 0.375. The summed E-state index contributed by atoms with van der Waals surface area (Å²) < 4.78 is 0. The predicted molar refractivity (Wildman–Crippen MR) is 417 cm³/mol. The maximum absolute atomic E-state index is 13.5. The van der Waals surface area contributed by atoms with Gasteiger partial charge in [-0.3, -0.25) is 29.1 Å². The molecule has 34 heteroatoms. The summed E-state index contributed by atoms with van der Waals surface area (Å²) in [6.45, 7) is 14.6. The van der Waals surface area contributed by atoms with Gasteiger partial charge in [-0.1, -0.05) is 24.3 Å². The number of hydrogen-bond donors (Lipinski definition) is 4. The number of carbonyl (C=O) groups is 4. The zero-order valence-corrected chi connectivity index (χ0v) is 63.8. The number of nitrogens with zero attached hydrogens (tertiary/aromatic N) is 26. The number of fused-ring (bicyclic) bond motifs is 8. The Morgan fingerprint density at radius 1 is 0.307 bits per heavy atom. The van der Waals surface area contributed by atoms with Crippen molar-refractivity contribution in [1.82, 2.24) is 129 Å². The molecule has 4 N–H and O–H groups in total. The molecule has 4 aliphatic heterocycles. The lowest BCUT2D eigenvalue weighted by Gasteiger charge is -2.34. The van der Waals surface area contributed by atoms with E-state index >= 15 is 0 Å². The molecule has 4 saturated heterocycles. The molecule has 8 bridgehead atoms. The first kappa shape index (κ1) is 73.5. The summed E-state index contributed by atoms with van der Waals surface area (Å²) in [7, 11) is 0. The van der Waals surface area contributed by atoms with Crippen LogP contribution < -0.4 is 21.3 Å². The van der Waals surface area contributed by atoms with Gasteiger partial charge in [0.25, 0.3) is 23.6 Å². The minimum absolute atomic E-state index is 0.0247. The van der Waals surface area contributed by atoms with E-state index in [2.05, 4.69) is 112 Å². The number of amides is 4. The first-order chi connectivity index (χ1) is 55.5. The van der Waals surface area contributed by atoms with Crippen LogP contribution >= 0.6 is 0 Å². The standard InChI is InChI=1S/2C20H22N8O.2C20H21N7O/c1-12-9-21-20(22-10-12)26-15-7-14-8-17(15)27(11-14)19(29)18-16(4-3-13(2)25-18)28-23-5-6-24-28;1-12-3-4-16(28-23-5-6-24-28)19(25-12)20(29)27-11-14-7-15(17(27)8-14)26-18-10-21-13(2)9-22-18;1-13-10-22-19(11-21-13)25-16-8-14-9-18(16)26(12-14)20(28)15-4-2-3-5-17(15)27-23-6-7-24-27;1-13-10-21-20(22-11-13)25-16-8-14-9-18(16)26(12-14)19(28)15-4-2-3-5-17(15)27-23-6-7-24-27/h3-6,9-10,14-15,17H,7-8,11H2,1-2H3,(H,21,22,26);3-6,9-10,14-15,17H,7-8,11H2,1-2H3,(H,22,26);2-7,10-11,14,16,18H,8-9,12H2,1H3,(H,22,25);2-7,10-11,14,16,18H,8-9,12H2,1H3,(H,21,22,25). The average Bonchev–Trinajstić information content (AvgIpc) is 1.63. The number of aryl methyl sites for hydroxylation is 6. The summed E-state index contributed by atoms with van der Waals surface area (Å²) in [5.41, 5.74) is 10.0. The molecule has 4 saturated carbocycles. The molecule has 0 spiro atoms. The molecule has 10 aromatic heterocycles. The summed E-state index contributed by atoms with van der Waals surface area (Å²) in [6.07, 6.45) is 35.2. The number of aromatic nitrogens is 22. The Balaban J connectivity index is 0.000000110. The molecule has 20 rings (SSSR count). The second-order valence-electron chi connectivity index (χ2n) is 30.7. The molecule has 4 aliphatic carbocycles. The van der Waals surface area contributed by atoms with Crippen LogP contribution in [0.3, 0.4) is 0 Å². The normalized spacial score (nSPS) is 23.0. The first-order valence-electron chi connectivity index (χ1n) is 38.6. The highest BCUT2D eigenvalue weighted by molar-refractivity contribution is 6.00. The van der Waals surface area contributed by atoms with E-state index < -0.39 is 0 Å². The van der Waals surface area contributed by atoms with E-state index in [9.17, 15) is 19.2 Å². The monoisotopic (exact) mass is 1530 g/mol. The number of benzene rings is 2. The highest BCUT2D eigenvalue weighted by Crippen LogP contribution is 2.44. The number of para-hydroxylation sites is 2. The number of pyridine rings is 2. The number of hydrogen-bond acceptors (Lipinski definition) is 26. The maximum atomic E-state index is 13.5. The third kappa shape index (κ3) is 15.5. The zero-order chi connectivity index (χ0) is 78.1. The van der Waals surface area contributed by atoms with Gasteiger partial charge in [0.05, 0.1) is 132 Å². The Hall–Kier alpha value is -13.3. The van der Waals surface area contributed by atoms with Crippen molar-refractivity contribution in [3.8, 4) is 22.7 Å². The van der Waals surface area contributed by atoms with Crippen molar-refractivity contribution >= 4 is 47.2 Å². The fourth-order valence-corrected chi connectivity index (χ4v) is 17.6. The van der Waals surface area contributed by atoms with Gasteiger partial charge >= 0.3 is 0 Å². The van der Waals surface area contributed by atoms with Gasteiger partial charge in [-0.15, -0.1) is 9.59 Å². The highest BCUT2D eigenvalue weighted by atomic mass is 16.2. The predicted octanol–water partition coefficient (Wildman–Crippen LogP) is 7.73. The van der Waals surface area contributed by atoms with Crippen molar-refractivity contribution in [2.24, 2.45) is 23.7 Å². The molecule has 0 radical (unpaired) electrons. The number of nitrogens with one attached hydrogen (secondary N) is 4. The zero-order valence-electron chi connectivity index (χ0n) is 63.8. The van der Waals surface area contributed by atoms with Crippen LogP contribution in [0.1, 0.15) is 127 Å². The van der Waals surface area contributed by atoms with E-state index in [0.717, 1.165) is 123 Å². The molecule has 12 aromatic rings. The molecule has 34 nitrogen and oxygen atoms in total. The summed E-state index contributed by atoms with van der Waals surface area (Å²) >= 11 is 0. The highest BCUT2D eigenvalue weighted by Gasteiger charge is 2.52. The SMILES string of the molecule is Cc1cnc(NC2CC3CC2N(C(=O)c2ccccc2-n2nccn2)C3)cn1.Cc1cnc(NC2CC3CC2N(C(=O)c2ccccc2-n2nccn2)C3)nc1.Cc1cnc(NC2CC3CC2N(C(=O)c2nc(C)ccc2-n2nccn2)C3)cn1.Cc1cnc(NC2CC3CC2N(C(=O)c2nc(C)ccc2-n2nccn2)C3)nc1. The van der Waals surface area contributed by atoms with E-state index in [0.29, 0.717) is 80.8 Å². The molecule has 114 heavy (non-hydrogen) atoms. The van der Waals surface area contributed by atoms with Gasteiger partial charge in [-0.2, -0.15) is 50.4 Å². The minimum atomic E-state index is -0.0789. The van der Waals surface area contributed by atoms with Crippen LogP contribution in [0.4, 0.5) is 23.5 Å². The van der Waals surface area contributed by atoms with Crippen LogP contribution in [0.15, 0.2) is 172 Å². The second kappa shape index (κ2) is 31.8. The number of anilines is 4. The van der Waals surface area contributed by atoms with Crippen LogP contribution in [0.25, 0.3) is 22.7 Å². The van der Waals surface area contributed by atoms with E-state index in [-0.39, 0.29) is 72.0 Å². The van der Waals surface area contributed by atoms with E-state index in [1.807, 2.05) is 134 Å². The Morgan fingerprint density at radius 3 is 0.930 bits per heavy atom. The number of carbonyl (C=O) groups excluding carboxylic acids is 4. The second-order valence-corrected chi connectivity index (χ2v) is 30.7. The van der Waals surface area contributed by atoms with Crippen molar-refractivity contribution in [2.45, 2.75) is 141 Å². The maximum Gasteiger partial charge on any atom is 0.275 e. The summed E-state index contributed by atoms with van der Waals surface area (Å²) in [6, 6.07) is 23.6. The quantitative estimate of drug-likeness (QED) is 0.0718. The third-order valence-corrected chi connectivity index (χ3v) is 22.6. The Bertz CT molecular complexity index is 5040.